The molecule has 0 radical (unpaired) electrons. The van der Waals surface area contributed by atoms with Crippen molar-refractivity contribution in [1.29, 1.82) is 0 Å². The maximum Gasteiger partial charge on any atom is 0.311 e. The summed E-state index contributed by atoms with van der Waals surface area (Å²) in [4.78, 5) is 24.4. The van der Waals surface area contributed by atoms with Crippen LogP contribution in [0.3, 0.4) is 0 Å². The second-order valence-electron chi connectivity index (χ2n) is 6.43. The maximum absolute atomic E-state index is 12.7. The normalized spacial score (nSPS) is 19.6. The van der Waals surface area contributed by atoms with Crippen LogP contribution in [0.4, 0.5) is 0 Å². The van der Waals surface area contributed by atoms with Crippen LogP contribution in [-0.2, 0) is 19.9 Å². The monoisotopic (exact) mass is 319 g/mol. The minimum atomic E-state index is -1.13. The van der Waals surface area contributed by atoms with Crippen molar-refractivity contribution in [1.82, 2.24) is 5.32 Å². The first kappa shape index (κ1) is 17.5. The lowest BCUT2D eigenvalue weighted by molar-refractivity contribution is -0.152. The van der Waals surface area contributed by atoms with Gasteiger partial charge in [0.05, 0.1) is 5.41 Å². The lowest BCUT2D eigenvalue weighted by atomic mass is 9.74. The second-order valence-corrected chi connectivity index (χ2v) is 6.43. The molecular formula is C18H25NO4. The van der Waals surface area contributed by atoms with Crippen LogP contribution in [0.2, 0.25) is 0 Å². The van der Waals surface area contributed by atoms with E-state index in [0.29, 0.717) is 12.8 Å². The van der Waals surface area contributed by atoms with Crippen LogP contribution in [0.1, 0.15) is 44.6 Å². The highest BCUT2D eigenvalue weighted by Gasteiger charge is 2.42. The van der Waals surface area contributed by atoms with E-state index in [1.807, 2.05) is 30.3 Å². The van der Waals surface area contributed by atoms with Crippen molar-refractivity contribution in [3.8, 4) is 0 Å². The number of carboxylic acid groups (broad SMARTS) is 1. The number of ether oxygens (including phenoxy) is 1. The predicted molar refractivity (Wildman–Crippen MR) is 87.0 cm³/mol. The van der Waals surface area contributed by atoms with Crippen molar-refractivity contribution in [2.75, 3.05) is 13.7 Å². The zero-order chi connectivity index (χ0) is 16.9. The number of amides is 1. The number of benzene rings is 1. The average Bonchev–Trinajstić information content (AvgIpc) is 2.60. The smallest absolute Gasteiger partial charge is 0.311 e. The van der Waals surface area contributed by atoms with E-state index in [1.54, 1.807) is 6.92 Å². The van der Waals surface area contributed by atoms with Crippen LogP contribution in [-0.4, -0.2) is 30.6 Å². The minimum Gasteiger partial charge on any atom is -0.481 e. The number of nitrogens with one attached hydrogen (secondary N) is 1. The van der Waals surface area contributed by atoms with Gasteiger partial charge in [-0.1, -0.05) is 49.6 Å². The molecule has 23 heavy (non-hydrogen) atoms. The Balaban J connectivity index is 2.12. The number of rotatable bonds is 6. The third kappa shape index (κ3) is 3.55. The number of hydrogen-bond donors (Lipinski definition) is 2. The quantitative estimate of drug-likeness (QED) is 0.845. The first-order chi connectivity index (χ1) is 10.9. The molecule has 1 atom stereocenters. The highest BCUT2D eigenvalue weighted by atomic mass is 16.5. The average molecular weight is 319 g/mol. The van der Waals surface area contributed by atoms with E-state index < -0.39 is 17.0 Å². The maximum atomic E-state index is 12.7. The Hall–Kier alpha value is -1.88. The second kappa shape index (κ2) is 7.13. The van der Waals surface area contributed by atoms with Crippen molar-refractivity contribution in [3.05, 3.63) is 35.9 Å². The fourth-order valence-corrected chi connectivity index (χ4v) is 3.21. The van der Waals surface area contributed by atoms with Gasteiger partial charge in [0.25, 0.3) is 5.91 Å². The van der Waals surface area contributed by atoms with Crippen molar-refractivity contribution >= 4 is 11.9 Å². The number of hydrogen-bond acceptors (Lipinski definition) is 3. The van der Waals surface area contributed by atoms with E-state index in [4.69, 9.17) is 4.74 Å². The molecule has 0 heterocycles. The van der Waals surface area contributed by atoms with Gasteiger partial charge in [0.2, 0.25) is 0 Å². The molecule has 1 aromatic rings. The highest BCUT2D eigenvalue weighted by molar-refractivity contribution is 5.87. The fraction of sp³-hybridized carbons (Fsp3) is 0.556. The molecule has 5 nitrogen and oxygen atoms in total. The van der Waals surface area contributed by atoms with Gasteiger partial charge in [0.1, 0.15) is 0 Å². The molecule has 5 heteroatoms. The lowest BCUT2D eigenvalue weighted by Crippen LogP contribution is -2.50. The van der Waals surface area contributed by atoms with E-state index in [-0.39, 0.29) is 12.5 Å². The summed E-state index contributed by atoms with van der Waals surface area (Å²) in [6, 6.07) is 9.23. The lowest BCUT2D eigenvalue weighted by Gasteiger charge is -2.35. The molecule has 1 fully saturated rings. The summed E-state index contributed by atoms with van der Waals surface area (Å²) in [6.07, 6.45) is 4.06. The van der Waals surface area contributed by atoms with Crippen molar-refractivity contribution in [2.24, 2.45) is 5.41 Å². The third-order valence-corrected chi connectivity index (χ3v) is 5.02. The third-order valence-electron chi connectivity index (χ3n) is 5.02. The van der Waals surface area contributed by atoms with Gasteiger partial charge in [-0.2, -0.15) is 0 Å². The molecule has 1 unspecified atom stereocenters. The largest absolute Gasteiger partial charge is 0.481 e. The summed E-state index contributed by atoms with van der Waals surface area (Å²) in [5.41, 5.74) is -1.23. The molecule has 0 saturated heterocycles. The van der Waals surface area contributed by atoms with Gasteiger partial charge in [0, 0.05) is 13.7 Å². The number of aliphatic carboxylic acids is 1. The van der Waals surface area contributed by atoms with Gasteiger partial charge in [-0.3, -0.25) is 9.59 Å². The van der Waals surface area contributed by atoms with Gasteiger partial charge >= 0.3 is 5.97 Å². The van der Waals surface area contributed by atoms with E-state index in [2.05, 4.69) is 5.32 Å². The first-order valence-corrected chi connectivity index (χ1v) is 8.07. The molecule has 1 amide bonds. The molecule has 2 rings (SSSR count). The van der Waals surface area contributed by atoms with Gasteiger partial charge < -0.3 is 15.2 Å². The molecule has 1 aromatic carbocycles. The number of methoxy groups -OCH3 is 1. The van der Waals surface area contributed by atoms with Crippen LogP contribution in [0.15, 0.2) is 30.3 Å². The van der Waals surface area contributed by atoms with E-state index in [9.17, 15) is 14.7 Å². The van der Waals surface area contributed by atoms with Gasteiger partial charge in [-0.25, -0.2) is 0 Å². The number of carboxylic acids is 1. The van der Waals surface area contributed by atoms with E-state index >= 15 is 0 Å². The Morgan fingerprint density at radius 1 is 1.22 bits per heavy atom. The molecule has 2 N–H and O–H groups in total. The Labute approximate surface area is 137 Å². The van der Waals surface area contributed by atoms with E-state index in [0.717, 1.165) is 24.8 Å². The molecule has 0 aliphatic heterocycles. The molecule has 1 saturated carbocycles. The number of carbonyl (C=O) groups excluding carboxylic acids is 1. The minimum absolute atomic E-state index is 0.146. The Morgan fingerprint density at radius 2 is 1.83 bits per heavy atom. The van der Waals surface area contributed by atoms with Gasteiger partial charge in [-0.15, -0.1) is 0 Å². The van der Waals surface area contributed by atoms with Gasteiger partial charge in [0.15, 0.2) is 5.60 Å². The molecule has 0 bridgehead atoms. The zero-order valence-electron chi connectivity index (χ0n) is 13.8. The Bertz CT molecular complexity index is 551. The van der Waals surface area contributed by atoms with E-state index in [1.165, 1.54) is 7.11 Å². The molecular weight excluding hydrogens is 294 g/mol. The van der Waals surface area contributed by atoms with Crippen molar-refractivity contribution in [2.45, 2.75) is 44.6 Å². The molecule has 1 aliphatic rings. The SMILES string of the molecule is COC(C)(C(=O)NCC1(C(=O)O)CCCCC1)c1ccccc1. The van der Waals surface area contributed by atoms with Crippen molar-refractivity contribution < 1.29 is 19.4 Å². The molecule has 0 aromatic heterocycles. The van der Waals surface area contributed by atoms with Crippen LogP contribution in [0, 0.1) is 5.41 Å². The fourth-order valence-electron chi connectivity index (χ4n) is 3.21. The van der Waals surface area contributed by atoms with Crippen LogP contribution in [0.5, 0.6) is 0 Å². The predicted octanol–water partition coefficient (Wildman–Crippen LogP) is 2.70. The van der Waals surface area contributed by atoms with Crippen LogP contribution >= 0.6 is 0 Å². The summed E-state index contributed by atoms with van der Waals surface area (Å²) >= 11 is 0. The zero-order valence-corrected chi connectivity index (χ0v) is 13.8. The van der Waals surface area contributed by atoms with Gasteiger partial charge in [-0.05, 0) is 25.3 Å². The van der Waals surface area contributed by atoms with Crippen molar-refractivity contribution in [3.63, 3.8) is 0 Å². The van der Waals surface area contributed by atoms with Crippen LogP contribution < -0.4 is 5.32 Å². The van der Waals surface area contributed by atoms with Crippen LogP contribution in [0.25, 0.3) is 0 Å². The summed E-state index contributed by atoms with van der Waals surface area (Å²) in [6.45, 7) is 1.85. The standard InChI is InChI=1S/C18H25NO4/c1-17(23-2,14-9-5-3-6-10-14)15(20)19-13-18(16(21)22)11-7-4-8-12-18/h3,5-6,9-10H,4,7-8,11-13H2,1-2H3,(H,19,20)(H,21,22). The summed E-state index contributed by atoms with van der Waals surface area (Å²) in [7, 11) is 1.49. The number of carbonyl (C=O) groups is 2. The summed E-state index contributed by atoms with van der Waals surface area (Å²) in [5.74, 6) is -1.13. The first-order valence-electron chi connectivity index (χ1n) is 8.07. The molecule has 1 aliphatic carbocycles. The Morgan fingerprint density at radius 3 is 2.35 bits per heavy atom. The molecule has 0 spiro atoms. The Kier molecular flexibility index (Phi) is 5.42. The topological polar surface area (TPSA) is 75.6 Å². The molecule has 126 valence electrons. The summed E-state index contributed by atoms with van der Waals surface area (Å²) < 4.78 is 5.46. The summed E-state index contributed by atoms with van der Waals surface area (Å²) in [5, 5.41) is 12.4. The highest BCUT2D eigenvalue weighted by Crippen LogP contribution is 2.36.